The molecule has 0 radical (unpaired) electrons. The predicted molar refractivity (Wildman–Crippen MR) is 94.0 cm³/mol. The lowest BCUT2D eigenvalue weighted by Crippen LogP contribution is -2.63. The first-order valence-electron chi connectivity index (χ1n) is 8.73. The Morgan fingerprint density at radius 3 is 2.35 bits per heavy atom. The van der Waals surface area contributed by atoms with Gasteiger partial charge in [-0.3, -0.25) is 4.84 Å². The van der Waals surface area contributed by atoms with Gasteiger partial charge in [0.1, 0.15) is 6.10 Å². The summed E-state index contributed by atoms with van der Waals surface area (Å²) in [6.45, 7) is 10.8. The van der Waals surface area contributed by atoms with E-state index in [0.29, 0.717) is 0 Å². The van der Waals surface area contributed by atoms with Gasteiger partial charge in [-0.15, -0.1) is 0 Å². The molecule has 0 aromatic heterocycles. The van der Waals surface area contributed by atoms with Gasteiger partial charge < -0.3 is 0 Å². The molecule has 2 atom stereocenters. The van der Waals surface area contributed by atoms with Crippen molar-refractivity contribution in [3.8, 4) is 0 Å². The van der Waals surface area contributed by atoms with Crippen molar-refractivity contribution in [3.63, 3.8) is 0 Å². The first kappa shape index (κ1) is 18.1. The predicted octanol–water partition coefficient (Wildman–Crippen LogP) is 5.25. The molecule has 1 aromatic carbocycles. The average Bonchev–Trinajstić information content (AvgIpc) is 2.57. The summed E-state index contributed by atoms with van der Waals surface area (Å²) < 4.78 is 0. The minimum atomic E-state index is -0.216. The third-order valence-electron chi connectivity index (χ3n) is 5.33. The maximum Gasteiger partial charge on any atom is 0.102 e. The van der Waals surface area contributed by atoms with Crippen molar-refractivity contribution in [3.05, 3.63) is 40.8 Å². The van der Waals surface area contributed by atoms with Crippen LogP contribution in [0.2, 0.25) is 0 Å². The number of nitroso groups, excluding NO2 is 1. The van der Waals surface area contributed by atoms with Crippen molar-refractivity contribution in [1.29, 1.82) is 0 Å². The Bertz CT molecular complexity index is 511. The van der Waals surface area contributed by atoms with E-state index in [4.69, 9.17) is 4.84 Å². The van der Waals surface area contributed by atoms with Gasteiger partial charge in [0.15, 0.2) is 0 Å². The Morgan fingerprint density at radius 2 is 1.83 bits per heavy atom. The molecule has 128 valence electrons. The zero-order chi connectivity index (χ0) is 17.1. The van der Waals surface area contributed by atoms with Gasteiger partial charge in [-0.05, 0) is 52.0 Å². The molecule has 4 nitrogen and oxygen atoms in total. The van der Waals surface area contributed by atoms with E-state index >= 15 is 0 Å². The monoisotopic (exact) mass is 318 g/mol. The van der Waals surface area contributed by atoms with E-state index < -0.39 is 0 Å². The zero-order valence-corrected chi connectivity index (χ0v) is 15.1. The number of hydrogen-bond acceptors (Lipinski definition) is 4. The molecular weight excluding hydrogens is 288 g/mol. The normalized spacial score (nSPS) is 25.0. The van der Waals surface area contributed by atoms with Gasteiger partial charge >= 0.3 is 0 Å². The lowest BCUT2D eigenvalue weighted by molar-refractivity contribution is -0.315. The highest BCUT2D eigenvalue weighted by molar-refractivity contribution is 5.17. The zero-order valence-electron chi connectivity index (χ0n) is 15.1. The van der Waals surface area contributed by atoms with Crippen LogP contribution in [0.15, 0.2) is 35.5 Å². The lowest BCUT2D eigenvalue weighted by atomic mass is 9.74. The van der Waals surface area contributed by atoms with Crippen molar-refractivity contribution in [2.45, 2.75) is 83.5 Å². The maximum absolute atomic E-state index is 11.2. The van der Waals surface area contributed by atoms with Crippen LogP contribution in [-0.2, 0) is 4.84 Å². The molecule has 4 heteroatoms. The molecule has 0 amide bonds. The number of piperidine rings is 1. The molecule has 0 N–H and O–H groups in total. The van der Waals surface area contributed by atoms with Crippen LogP contribution in [0, 0.1) is 4.91 Å². The second-order valence-electron chi connectivity index (χ2n) is 7.36. The smallest absolute Gasteiger partial charge is 0.102 e. The number of nitrogens with zero attached hydrogens (tertiary/aromatic N) is 2. The molecule has 0 bridgehead atoms. The molecule has 0 aliphatic carbocycles. The molecule has 1 saturated heterocycles. The summed E-state index contributed by atoms with van der Waals surface area (Å²) in [6.07, 6.45) is 3.38. The standard InChI is InChI=1S/C19H30N2O2/c1-6-19(7-2)14-17(20-22)13-18(4,5)21(19)23-15(3)16-11-9-8-10-12-16/h8-12,15,17H,6-7,13-14H2,1-5H3. The lowest BCUT2D eigenvalue weighted by Gasteiger charge is -2.55. The first-order valence-corrected chi connectivity index (χ1v) is 8.73. The van der Waals surface area contributed by atoms with E-state index in [9.17, 15) is 4.91 Å². The second kappa shape index (κ2) is 7.10. The molecule has 1 aromatic rings. The molecule has 23 heavy (non-hydrogen) atoms. The fourth-order valence-electron chi connectivity index (χ4n) is 3.99. The van der Waals surface area contributed by atoms with Gasteiger partial charge in [0.25, 0.3) is 0 Å². The van der Waals surface area contributed by atoms with Gasteiger partial charge in [-0.2, -0.15) is 9.97 Å². The van der Waals surface area contributed by atoms with E-state index in [0.717, 1.165) is 25.7 Å². The van der Waals surface area contributed by atoms with E-state index in [-0.39, 0.29) is 23.2 Å². The summed E-state index contributed by atoms with van der Waals surface area (Å²) in [6, 6.07) is 10.2. The van der Waals surface area contributed by atoms with Gasteiger partial charge in [-0.1, -0.05) is 49.4 Å². The van der Waals surface area contributed by atoms with Crippen LogP contribution in [-0.4, -0.2) is 22.2 Å². The molecule has 2 unspecified atom stereocenters. The fraction of sp³-hybridized carbons (Fsp3) is 0.684. The van der Waals surface area contributed by atoms with Crippen molar-refractivity contribution >= 4 is 0 Å². The Kier molecular flexibility index (Phi) is 5.58. The van der Waals surface area contributed by atoms with Gasteiger partial charge in [0.2, 0.25) is 0 Å². The van der Waals surface area contributed by atoms with Gasteiger partial charge in [-0.25, -0.2) is 0 Å². The number of hydroxylamine groups is 2. The van der Waals surface area contributed by atoms with Crippen molar-refractivity contribution in [1.82, 2.24) is 5.06 Å². The summed E-state index contributed by atoms with van der Waals surface area (Å²) in [5, 5.41) is 5.55. The van der Waals surface area contributed by atoms with E-state index in [1.54, 1.807) is 0 Å². The van der Waals surface area contributed by atoms with Crippen molar-refractivity contribution in [2.24, 2.45) is 5.18 Å². The van der Waals surface area contributed by atoms with Crippen LogP contribution in [0.4, 0.5) is 0 Å². The number of hydrogen-bond donors (Lipinski definition) is 0. The molecule has 1 aliphatic rings. The van der Waals surface area contributed by atoms with E-state index in [1.807, 2.05) is 18.2 Å². The third kappa shape index (κ3) is 3.64. The van der Waals surface area contributed by atoms with E-state index in [1.165, 1.54) is 5.56 Å². The fourth-order valence-corrected chi connectivity index (χ4v) is 3.99. The minimum Gasteiger partial charge on any atom is -0.290 e. The number of rotatable bonds is 6. The van der Waals surface area contributed by atoms with Crippen molar-refractivity contribution < 1.29 is 4.84 Å². The Morgan fingerprint density at radius 1 is 1.22 bits per heavy atom. The molecule has 0 saturated carbocycles. The molecular formula is C19H30N2O2. The molecule has 1 heterocycles. The third-order valence-corrected chi connectivity index (χ3v) is 5.33. The van der Waals surface area contributed by atoms with Crippen LogP contribution in [0.25, 0.3) is 0 Å². The Labute approximate surface area is 140 Å². The largest absolute Gasteiger partial charge is 0.290 e. The van der Waals surface area contributed by atoms with Crippen LogP contribution >= 0.6 is 0 Å². The van der Waals surface area contributed by atoms with Crippen molar-refractivity contribution in [2.75, 3.05) is 0 Å². The molecule has 0 spiro atoms. The average molecular weight is 318 g/mol. The molecule has 1 aliphatic heterocycles. The van der Waals surface area contributed by atoms with Gasteiger partial charge in [0.05, 0.1) is 6.04 Å². The summed E-state index contributed by atoms with van der Waals surface area (Å²) in [5.74, 6) is 0. The first-order chi connectivity index (χ1) is 10.9. The molecule has 2 rings (SSSR count). The highest BCUT2D eigenvalue weighted by Gasteiger charge is 2.50. The Balaban J connectivity index is 2.30. The summed E-state index contributed by atoms with van der Waals surface area (Å²) >= 11 is 0. The summed E-state index contributed by atoms with van der Waals surface area (Å²) in [5.41, 5.74) is 0.815. The summed E-state index contributed by atoms with van der Waals surface area (Å²) in [7, 11) is 0. The highest BCUT2D eigenvalue weighted by Crippen LogP contribution is 2.45. The summed E-state index contributed by atoms with van der Waals surface area (Å²) in [4.78, 5) is 17.7. The van der Waals surface area contributed by atoms with Crippen LogP contribution in [0.5, 0.6) is 0 Å². The quantitative estimate of drug-likeness (QED) is 0.673. The maximum atomic E-state index is 11.2. The van der Waals surface area contributed by atoms with Gasteiger partial charge in [0, 0.05) is 11.1 Å². The Hall–Kier alpha value is -1.26. The second-order valence-corrected chi connectivity index (χ2v) is 7.36. The molecule has 1 fully saturated rings. The minimum absolute atomic E-state index is 0.0197. The highest BCUT2D eigenvalue weighted by atomic mass is 16.7. The SMILES string of the molecule is CCC1(CC)CC(N=O)CC(C)(C)N1OC(C)c1ccccc1. The van der Waals surface area contributed by atoms with Crippen LogP contribution in [0.3, 0.4) is 0 Å². The topological polar surface area (TPSA) is 41.9 Å². The van der Waals surface area contributed by atoms with E-state index in [2.05, 4.69) is 57.0 Å². The number of benzene rings is 1. The van der Waals surface area contributed by atoms with Crippen LogP contribution < -0.4 is 0 Å². The van der Waals surface area contributed by atoms with Crippen LogP contribution in [0.1, 0.15) is 72.0 Å².